The minimum absolute atomic E-state index is 0.220. The smallest absolute Gasteiger partial charge is 0.286 e. The van der Waals surface area contributed by atoms with Crippen molar-refractivity contribution >= 4 is 28.8 Å². The molecule has 3 aromatic rings. The van der Waals surface area contributed by atoms with Crippen LogP contribution in [0.25, 0.3) is 0 Å². The van der Waals surface area contributed by atoms with E-state index in [0.717, 1.165) is 11.3 Å². The van der Waals surface area contributed by atoms with Gasteiger partial charge in [0.15, 0.2) is 0 Å². The van der Waals surface area contributed by atoms with Crippen LogP contribution in [0.2, 0.25) is 0 Å². The van der Waals surface area contributed by atoms with Crippen molar-refractivity contribution in [2.75, 3.05) is 19.5 Å². The first-order valence-corrected chi connectivity index (χ1v) is 9.55. The molecular weight excluding hydrogens is 392 g/mol. The molecule has 0 aliphatic heterocycles. The van der Waals surface area contributed by atoms with Crippen LogP contribution < -0.4 is 15.4 Å². The topological polar surface area (TPSA) is 102 Å². The van der Waals surface area contributed by atoms with Gasteiger partial charge in [-0.25, -0.2) is 0 Å². The average molecular weight is 412 g/mol. The number of hydrogen-bond acceptors (Lipinski definition) is 7. The summed E-state index contributed by atoms with van der Waals surface area (Å²) < 4.78 is 10.2. The first kappa shape index (κ1) is 20.4. The first-order valence-electron chi connectivity index (χ1n) is 8.73. The zero-order chi connectivity index (χ0) is 20.6. The van der Waals surface area contributed by atoms with Crippen LogP contribution in [0.3, 0.4) is 0 Å². The summed E-state index contributed by atoms with van der Waals surface area (Å²) in [7, 11) is 3.14. The molecule has 0 saturated heterocycles. The summed E-state index contributed by atoms with van der Waals surface area (Å²) in [6, 6.07) is 14.1. The van der Waals surface area contributed by atoms with Gasteiger partial charge < -0.3 is 20.1 Å². The third-order valence-corrected chi connectivity index (χ3v) is 4.86. The highest BCUT2D eigenvalue weighted by Gasteiger charge is 2.13. The summed E-state index contributed by atoms with van der Waals surface area (Å²) in [4.78, 5) is 24.6. The molecule has 0 bridgehead atoms. The van der Waals surface area contributed by atoms with E-state index in [0.29, 0.717) is 29.4 Å². The fourth-order valence-corrected chi connectivity index (χ4v) is 3.25. The highest BCUT2D eigenvalue weighted by atomic mass is 32.1. The summed E-state index contributed by atoms with van der Waals surface area (Å²) >= 11 is 1.17. The molecule has 0 atom stereocenters. The van der Waals surface area contributed by atoms with Crippen LogP contribution in [-0.4, -0.2) is 36.2 Å². The van der Waals surface area contributed by atoms with Crippen LogP contribution in [0.15, 0.2) is 48.5 Å². The van der Waals surface area contributed by atoms with Crippen molar-refractivity contribution in [2.24, 2.45) is 0 Å². The molecule has 0 radical (unpaired) electrons. The minimum atomic E-state index is -0.363. The average Bonchev–Trinajstić information content (AvgIpc) is 3.22. The second-order valence-corrected chi connectivity index (χ2v) is 7.02. The zero-order valence-electron chi connectivity index (χ0n) is 16.0. The van der Waals surface area contributed by atoms with Crippen LogP contribution >= 0.6 is 11.3 Å². The van der Waals surface area contributed by atoms with Gasteiger partial charge in [0, 0.05) is 30.5 Å². The van der Waals surface area contributed by atoms with Crippen molar-refractivity contribution in [1.29, 1.82) is 0 Å². The number of methoxy groups -OCH3 is 2. The molecule has 2 amide bonds. The minimum Gasteiger partial charge on any atom is -0.496 e. The number of ether oxygens (including phenoxy) is 2. The number of aromatic nitrogens is 2. The van der Waals surface area contributed by atoms with Crippen LogP contribution in [0.1, 0.15) is 30.7 Å². The fourth-order valence-electron chi connectivity index (χ4n) is 2.54. The number of nitrogens with one attached hydrogen (secondary N) is 2. The Balaban J connectivity index is 1.57. The lowest BCUT2D eigenvalue weighted by Crippen LogP contribution is -2.23. The summed E-state index contributed by atoms with van der Waals surface area (Å²) in [5, 5.41) is 14.2. The number of para-hydroxylation sites is 1. The molecule has 0 saturated carbocycles. The number of hydrogen-bond donors (Lipinski definition) is 2. The van der Waals surface area contributed by atoms with Gasteiger partial charge in [0.05, 0.1) is 13.7 Å². The van der Waals surface area contributed by atoms with E-state index in [-0.39, 0.29) is 16.8 Å². The van der Waals surface area contributed by atoms with E-state index in [4.69, 9.17) is 9.47 Å². The molecule has 2 N–H and O–H groups in total. The Bertz CT molecular complexity index is 988. The molecule has 2 aromatic carbocycles. The molecule has 29 heavy (non-hydrogen) atoms. The normalized spacial score (nSPS) is 10.4. The van der Waals surface area contributed by atoms with Crippen LogP contribution in [0.4, 0.5) is 5.69 Å². The lowest BCUT2D eigenvalue weighted by Gasteiger charge is -2.10. The highest BCUT2D eigenvalue weighted by Crippen LogP contribution is 2.18. The molecule has 1 heterocycles. The molecule has 0 aliphatic rings. The van der Waals surface area contributed by atoms with Gasteiger partial charge in [0.1, 0.15) is 10.8 Å². The summed E-state index contributed by atoms with van der Waals surface area (Å²) in [5.74, 6) is 0.136. The van der Waals surface area contributed by atoms with E-state index in [9.17, 15) is 9.59 Å². The van der Waals surface area contributed by atoms with Gasteiger partial charge in [0.25, 0.3) is 11.8 Å². The van der Waals surface area contributed by atoms with Gasteiger partial charge in [-0.15, -0.1) is 10.2 Å². The van der Waals surface area contributed by atoms with Crippen molar-refractivity contribution in [3.8, 4) is 5.75 Å². The predicted molar refractivity (Wildman–Crippen MR) is 109 cm³/mol. The summed E-state index contributed by atoms with van der Waals surface area (Å²) in [6.07, 6.45) is 0. The van der Waals surface area contributed by atoms with Crippen molar-refractivity contribution in [1.82, 2.24) is 15.5 Å². The van der Waals surface area contributed by atoms with E-state index in [1.165, 1.54) is 11.3 Å². The van der Waals surface area contributed by atoms with Crippen molar-refractivity contribution in [3.63, 3.8) is 0 Å². The quantitative estimate of drug-likeness (QED) is 0.590. The Morgan fingerprint density at radius 3 is 2.48 bits per heavy atom. The SMILES string of the molecule is COCc1nnc(C(=O)Nc2ccc(C(=O)NCc3ccccc3OC)cc2)s1. The van der Waals surface area contributed by atoms with Crippen LogP contribution in [0.5, 0.6) is 5.75 Å². The molecule has 9 heteroatoms. The van der Waals surface area contributed by atoms with Gasteiger partial charge in [-0.3, -0.25) is 9.59 Å². The summed E-state index contributed by atoms with van der Waals surface area (Å²) in [5.41, 5.74) is 1.92. The second-order valence-electron chi connectivity index (χ2n) is 5.96. The Morgan fingerprint density at radius 2 is 1.76 bits per heavy atom. The lowest BCUT2D eigenvalue weighted by molar-refractivity contribution is 0.0950. The Labute approximate surface area is 171 Å². The number of amides is 2. The van der Waals surface area contributed by atoms with Gasteiger partial charge in [-0.1, -0.05) is 29.5 Å². The number of carbonyl (C=O) groups excluding carboxylic acids is 2. The number of carbonyl (C=O) groups is 2. The first-order chi connectivity index (χ1) is 14.1. The molecule has 0 spiro atoms. The van der Waals surface area contributed by atoms with E-state index < -0.39 is 0 Å². The van der Waals surface area contributed by atoms with Crippen LogP contribution in [0, 0.1) is 0 Å². The fraction of sp³-hybridized carbons (Fsp3) is 0.200. The van der Waals surface area contributed by atoms with Gasteiger partial charge in [0.2, 0.25) is 5.01 Å². The monoisotopic (exact) mass is 412 g/mol. The van der Waals surface area contributed by atoms with Crippen molar-refractivity contribution in [3.05, 3.63) is 69.7 Å². The third-order valence-electron chi connectivity index (χ3n) is 3.97. The predicted octanol–water partition coefficient (Wildman–Crippen LogP) is 2.88. The van der Waals surface area contributed by atoms with E-state index in [2.05, 4.69) is 20.8 Å². The second kappa shape index (κ2) is 9.76. The maximum atomic E-state index is 12.4. The lowest BCUT2D eigenvalue weighted by atomic mass is 10.1. The Hall–Kier alpha value is -3.30. The van der Waals surface area contributed by atoms with E-state index >= 15 is 0 Å². The van der Waals surface area contributed by atoms with Gasteiger partial charge >= 0.3 is 0 Å². The van der Waals surface area contributed by atoms with Gasteiger partial charge in [-0.05, 0) is 30.3 Å². The number of rotatable bonds is 8. The molecule has 0 aliphatic carbocycles. The molecule has 3 rings (SSSR count). The molecular formula is C20H20N4O4S. The number of nitrogens with zero attached hydrogens (tertiary/aromatic N) is 2. The largest absolute Gasteiger partial charge is 0.496 e. The standard InChI is InChI=1S/C20H20N4O4S/c1-27-12-17-23-24-20(29-17)19(26)22-15-9-7-13(8-10-15)18(25)21-11-14-5-3-4-6-16(14)28-2/h3-10H,11-12H2,1-2H3,(H,21,25)(H,22,26). The molecule has 1 aromatic heterocycles. The zero-order valence-corrected chi connectivity index (χ0v) is 16.8. The molecule has 0 fully saturated rings. The Kier molecular flexibility index (Phi) is 6.88. The van der Waals surface area contributed by atoms with E-state index in [1.54, 1.807) is 38.5 Å². The maximum Gasteiger partial charge on any atom is 0.286 e. The molecule has 8 nitrogen and oxygen atoms in total. The van der Waals surface area contributed by atoms with Crippen molar-refractivity contribution < 1.29 is 19.1 Å². The third kappa shape index (κ3) is 5.37. The summed E-state index contributed by atoms with van der Waals surface area (Å²) in [6.45, 7) is 0.659. The number of benzene rings is 2. The number of anilines is 1. The highest BCUT2D eigenvalue weighted by molar-refractivity contribution is 7.13. The van der Waals surface area contributed by atoms with E-state index in [1.807, 2.05) is 24.3 Å². The Morgan fingerprint density at radius 1 is 1.00 bits per heavy atom. The van der Waals surface area contributed by atoms with Crippen LogP contribution in [-0.2, 0) is 17.9 Å². The van der Waals surface area contributed by atoms with Crippen molar-refractivity contribution in [2.45, 2.75) is 13.2 Å². The molecule has 0 unspecified atom stereocenters. The van der Waals surface area contributed by atoms with Gasteiger partial charge in [-0.2, -0.15) is 0 Å². The maximum absolute atomic E-state index is 12.4. The molecule has 150 valence electrons.